The SMILES string of the molecule is CCCNc1cc(N2CC(C)C(N(C)C)C2)nc(C)n1. The summed E-state index contributed by atoms with van der Waals surface area (Å²) in [5.41, 5.74) is 0. The van der Waals surface area contributed by atoms with E-state index in [1.807, 2.05) is 6.92 Å². The minimum atomic E-state index is 0.595. The van der Waals surface area contributed by atoms with Crippen LogP contribution in [0.4, 0.5) is 11.6 Å². The molecule has 20 heavy (non-hydrogen) atoms. The lowest BCUT2D eigenvalue weighted by Crippen LogP contribution is -2.34. The monoisotopic (exact) mass is 277 g/mol. The summed E-state index contributed by atoms with van der Waals surface area (Å²) in [6, 6.07) is 2.67. The van der Waals surface area contributed by atoms with Crippen molar-refractivity contribution in [1.29, 1.82) is 0 Å². The van der Waals surface area contributed by atoms with Gasteiger partial charge in [-0.15, -0.1) is 0 Å². The zero-order chi connectivity index (χ0) is 14.7. The first-order valence-corrected chi connectivity index (χ1v) is 7.52. The Bertz CT molecular complexity index is 446. The average molecular weight is 277 g/mol. The molecule has 2 atom stereocenters. The first kappa shape index (κ1) is 15.0. The van der Waals surface area contributed by atoms with Crippen molar-refractivity contribution in [3.05, 3.63) is 11.9 Å². The molecule has 1 aromatic rings. The number of likely N-dealkylation sites (N-methyl/N-ethyl adjacent to an activating group) is 1. The molecule has 2 unspecified atom stereocenters. The van der Waals surface area contributed by atoms with E-state index < -0.39 is 0 Å². The van der Waals surface area contributed by atoms with Gasteiger partial charge in [-0.1, -0.05) is 13.8 Å². The zero-order valence-corrected chi connectivity index (χ0v) is 13.3. The van der Waals surface area contributed by atoms with E-state index in [9.17, 15) is 0 Å². The van der Waals surface area contributed by atoms with Crippen molar-refractivity contribution in [2.24, 2.45) is 5.92 Å². The van der Waals surface area contributed by atoms with Gasteiger partial charge in [0.15, 0.2) is 0 Å². The highest BCUT2D eigenvalue weighted by molar-refractivity contribution is 5.50. The van der Waals surface area contributed by atoms with E-state index in [0.29, 0.717) is 12.0 Å². The molecule has 5 nitrogen and oxygen atoms in total. The van der Waals surface area contributed by atoms with Crippen LogP contribution >= 0.6 is 0 Å². The lowest BCUT2D eigenvalue weighted by Gasteiger charge is -2.22. The Balaban J connectivity index is 2.14. The average Bonchev–Trinajstić information content (AvgIpc) is 2.78. The Hall–Kier alpha value is -1.36. The minimum absolute atomic E-state index is 0.595. The molecule has 0 amide bonds. The van der Waals surface area contributed by atoms with Gasteiger partial charge in [-0.05, 0) is 33.4 Å². The number of nitrogens with zero attached hydrogens (tertiary/aromatic N) is 4. The van der Waals surface area contributed by atoms with Crippen molar-refractivity contribution in [3.63, 3.8) is 0 Å². The summed E-state index contributed by atoms with van der Waals surface area (Å²) in [5, 5.41) is 3.36. The van der Waals surface area contributed by atoms with Crippen LogP contribution in [0, 0.1) is 12.8 Å². The van der Waals surface area contributed by atoms with Crippen molar-refractivity contribution in [2.75, 3.05) is 43.9 Å². The molecule has 0 spiro atoms. The smallest absolute Gasteiger partial charge is 0.134 e. The summed E-state index contributed by atoms with van der Waals surface area (Å²) in [6.07, 6.45) is 1.10. The second-order valence-corrected chi connectivity index (χ2v) is 6.00. The minimum Gasteiger partial charge on any atom is -0.370 e. The maximum atomic E-state index is 4.61. The second kappa shape index (κ2) is 6.39. The van der Waals surface area contributed by atoms with Crippen molar-refractivity contribution in [3.8, 4) is 0 Å². The number of hydrogen-bond acceptors (Lipinski definition) is 5. The molecule has 0 saturated carbocycles. The van der Waals surface area contributed by atoms with Gasteiger partial charge in [0.05, 0.1) is 0 Å². The molecular weight excluding hydrogens is 250 g/mol. The van der Waals surface area contributed by atoms with Gasteiger partial charge in [-0.25, -0.2) is 9.97 Å². The van der Waals surface area contributed by atoms with Gasteiger partial charge in [-0.3, -0.25) is 0 Å². The Morgan fingerprint density at radius 1 is 1.35 bits per heavy atom. The predicted octanol–water partition coefficient (Wildman–Crippen LogP) is 1.99. The normalized spacial score (nSPS) is 22.6. The lowest BCUT2D eigenvalue weighted by molar-refractivity contribution is 0.266. The highest BCUT2D eigenvalue weighted by Crippen LogP contribution is 2.26. The van der Waals surface area contributed by atoms with Crippen LogP contribution < -0.4 is 10.2 Å². The fraction of sp³-hybridized carbons (Fsp3) is 0.733. The highest BCUT2D eigenvalue weighted by Gasteiger charge is 2.31. The molecule has 2 rings (SSSR count). The van der Waals surface area contributed by atoms with E-state index in [1.165, 1.54) is 0 Å². The molecule has 112 valence electrons. The predicted molar refractivity (Wildman–Crippen MR) is 84.4 cm³/mol. The quantitative estimate of drug-likeness (QED) is 0.892. The molecule has 5 heteroatoms. The van der Waals surface area contributed by atoms with Gasteiger partial charge in [0.1, 0.15) is 17.5 Å². The summed E-state index contributed by atoms with van der Waals surface area (Å²) < 4.78 is 0. The van der Waals surface area contributed by atoms with E-state index in [2.05, 4.69) is 59.1 Å². The molecule has 1 fully saturated rings. The van der Waals surface area contributed by atoms with Crippen LogP contribution in [0.25, 0.3) is 0 Å². The largest absolute Gasteiger partial charge is 0.370 e. The fourth-order valence-electron chi connectivity index (χ4n) is 2.87. The van der Waals surface area contributed by atoms with E-state index in [4.69, 9.17) is 0 Å². The van der Waals surface area contributed by atoms with Crippen molar-refractivity contribution < 1.29 is 0 Å². The molecule has 2 heterocycles. The van der Waals surface area contributed by atoms with Gasteiger partial charge in [0.2, 0.25) is 0 Å². The van der Waals surface area contributed by atoms with E-state index >= 15 is 0 Å². The molecule has 0 bridgehead atoms. The van der Waals surface area contributed by atoms with Crippen LogP contribution in [-0.2, 0) is 0 Å². The Morgan fingerprint density at radius 3 is 2.70 bits per heavy atom. The maximum absolute atomic E-state index is 4.61. The first-order chi connectivity index (χ1) is 9.51. The first-order valence-electron chi connectivity index (χ1n) is 7.52. The standard InChI is InChI=1S/C15H27N5/c1-6-7-16-14-8-15(18-12(3)17-14)20-9-11(2)13(10-20)19(4)5/h8,11,13H,6-7,9-10H2,1-5H3,(H,16,17,18). The number of anilines is 2. The molecular formula is C15H27N5. The molecule has 0 aliphatic carbocycles. The Morgan fingerprint density at radius 2 is 2.10 bits per heavy atom. The van der Waals surface area contributed by atoms with Gasteiger partial charge in [0, 0.05) is 31.7 Å². The molecule has 1 aromatic heterocycles. The summed E-state index contributed by atoms with van der Waals surface area (Å²) >= 11 is 0. The molecule has 0 radical (unpaired) electrons. The molecule has 0 aromatic carbocycles. The van der Waals surface area contributed by atoms with Gasteiger partial charge in [-0.2, -0.15) is 0 Å². The molecule has 1 N–H and O–H groups in total. The van der Waals surface area contributed by atoms with Crippen LogP contribution in [-0.4, -0.2) is 54.6 Å². The third kappa shape index (κ3) is 3.39. The third-order valence-electron chi connectivity index (χ3n) is 3.94. The second-order valence-electron chi connectivity index (χ2n) is 6.00. The van der Waals surface area contributed by atoms with Crippen molar-refractivity contribution in [1.82, 2.24) is 14.9 Å². The van der Waals surface area contributed by atoms with Crippen LogP contribution in [0.1, 0.15) is 26.1 Å². The summed E-state index contributed by atoms with van der Waals surface area (Å²) in [5.74, 6) is 3.48. The zero-order valence-electron chi connectivity index (χ0n) is 13.3. The van der Waals surface area contributed by atoms with Gasteiger partial charge < -0.3 is 15.1 Å². The molecule has 1 aliphatic rings. The van der Waals surface area contributed by atoms with Crippen LogP contribution in [0.5, 0.6) is 0 Å². The van der Waals surface area contributed by atoms with E-state index in [1.54, 1.807) is 0 Å². The maximum Gasteiger partial charge on any atom is 0.134 e. The van der Waals surface area contributed by atoms with Crippen LogP contribution in [0.3, 0.4) is 0 Å². The van der Waals surface area contributed by atoms with Crippen LogP contribution in [0.15, 0.2) is 6.07 Å². The number of aryl methyl sites for hydroxylation is 1. The third-order valence-corrected chi connectivity index (χ3v) is 3.94. The summed E-state index contributed by atoms with van der Waals surface area (Å²) in [6.45, 7) is 9.49. The fourth-order valence-corrected chi connectivity index (χ4v) is 2.87. The molecule has 1 saturated heterocycles. The Kier molecular flexibility index (Phi) is 4.81. The highest BCUT2D eigenvalue weighted by atomic mass is 15.3. The van der Waals surface area contributed by atoms with Crippen LogP contribution in [0.2, 0.25) is 0 Å². The summed E-state index contributed by atoms with van der Waals surface area (Å²) in [4.78, 5) is 13.8. The topological polar surface area (TPSA) is 44.3 Å². The van der Waals surface area contributed by atoms with Crippen molar-refractivity contribution in [2.45, 2.75) is 33.2 Å². The van der Waals surface area contributed by atoms with Gasteiger partial charge in [0.25, 0.3) is 0 Å². The van der Waals surface area contributed by atoms with E-state index in [-0.39, 0.29) is 0 Å². The van der Waals surface area contributed by atoms with E-state index in [0.717, 1.165) is 43.5 Å². The number of rotatable bonds is 5. The number of aromatic nitrogens is 2. The summed E-state index contributed by atoms with van der Waals surface area (Å²) in [7, 11) is 4.31. The van der Waals surface area contributed by atoms with Crippen molar-refractivity contribution >= 4 is 11.6 Å². The lowest BCUT2D eigenvalue weighted by atomic mass is 10.1. The Labute approximate surface area is 122 Å². The molecule has 1 aliphatic heterocycles. The number of nitrogens with one attached hydrogen (secondary N) is 1. The van der Waals surface area contributed by atoms with Gasteiger partial charge >= 0.3 is 0 Å². The number of hydrogen-bond donors (Lipinski definition) is 1.